The second-order valence-electron chi connectivity index (χ2n) is 5.79. The number of hydrogen-bond acceptors (Lipinski definition) is 5. The molecule has 1 aromatic heterocycles. The first-order valence-electron chi connectivity index (χ1n) is 8.40. The molecule has 3 aromatic rings. The maximum Gasteiger partial charge on any atom is 0.262 e. The van der Waals surface area contributed by atoms with Gasteiger partial charge in [0, 0.05) is 6.07 Å². The molecule has 0 unspecified atom stereocenters. The van der Waals surface area contributed by atoms with Gasteiger partial charge in [-0.1, -0.05) is 29.8 Å². The van der Waals surface area contributed by atoms with Crippen LogP contribution in [0.1, 0.15) is 5.56 Å². The number of hydrogen-bond donors (Lipinski definition) is 1. The van der Waals surface area contributed by atoms with Crippen LogP contribution < -0.4 is 19.5 Å². The van der Waals surface area contributed by atoms with Gasteiger partial charge in [-0.05, 0) is 37.3 Å². The highest BCUT2D eigenvalue weighted by Gasteiger charge is 2.07. The highest BCUT2D eigenvalue weighted by atomic mass is 16.5. The van der Waals surface area contributed by atoms with Gasteiger partial charge in [-0.2, -0.15) is 0 Å². The zero-order valence-corrected chi connectivity index (χ0v) is 15.1. The summed E-state index contributed by atoms with van der Waals surface area (Å²) in [4.78, 5) is 16.2. The summed E-state index contributed by atoms with van der Waals surface area (Å²) in [6.45, 7) is 1.91. The van der Waals surface area contributed by atoms with Crippen LogP contribution in [0, 0.1) is 6.92 Å². The van der Waals surface area contributed by atoms with Gasteiger partial charge in [-0.3, -0.25) is 4.79 Å². The van der Waals surface area contributed by atoms with Crippen LogP contribution in [0.2, 0.25) is 0 Å². The first-order chi connectivity index (χ1) is 13.1. The van der Waals surface area contributed by atoms with E-state index in [0.717, 1.165) is 5.56 Å². The van der Waals surface area contributed by atoms with Crippen LogP contribution in [-0.2, 0) is 4.79 Å². The minimum absolute atomic E-state index is 0.0808. The summed E-state index contributed by atoms with van der Waals surface area (Å²) in [5, 5.41) is 2.73. The molecule has 6 heteroatoms. The van der Waals surface area contributed by atoms with Crippen LogP contribution in [-0.4, -0.2) is 24.6 Å². The van der Waals surface area contributed by atoms with Crippen molar-refractivity contribution in [1.82, 2.24) is 4.98 Å². The zero-order chi connectivity index (χ0) is 19.1. The maximum atomic E-state index is 12.0. The molecule has 0 aliphatic carbocycles. The van der Waals surface area contributed by atoms with Gasteiger partial charge in [0.1, 0.15) is 5.75 Å². The van der Waals surface area contributed by atoms with Crippen molar-refractivity contribution in [2.75, 3.05) is 19.0 Å². The Kier molecular flexibility index (Phi) is 5.89. The highest BCUT2D eigenvalue weighted by Crippen LogP contribution is 2.30. The predicted molar refractivity (Wildman–Crippen MR) is 103 cm³/mol. The van der Waals surface area contributed by atoms with E-state index in [9.17, 15) is 4.79 Å². The Bertz CT molecular complexity index is 893. The Morgan fingerprint density at radius 2 is 1.74 bits per heavy atom. The van der Waals surface area contributed by atoms with Gasteiger partial charge in [0.2, 0.25) is 5.88 Å². The summed E-state index contributed by atoms with van der Waals surface area (Å²) in [5.74, 6) is 1.96. The smallest absolute Gasteiger partial charge is 0.262 e. The Morgan fingerprint density at radius 3 is 2.41 bits per heavy atom. The number of nitrogens with one attached hydrogen (secondary N) is 1. The standard InChI is InChI=1S/C21H20N2O4/c1-15-7-10-17(11-8-15)26-14-20(24)23-16-9-12-21(22-13-16)27-19-6-4-3-5-18(19)25-2/h3-13H,14H2,1-2H3,(H,23,24). The largest absolute Gasteiger partial charge is 0.493 e. The molecule has 27 heavy (non-hydrogen) atoms. The molecule has 0 aliphatic rings. The van der Waals surface area contributed by atoms with Crippen molar-refractivity contribution in [1.29, 1.82) is 0 Å². The molecule has 1 amide bonds. The first kappa shape index (κ1) is 18.3. The summed E-state index contributed by atoms with van der Waals surface area (Å²) in [6, 6.07) is 18.2. The Morgan fingerprint density at radius 1 is 1.00 bits per heavy atom. The van der Waals surface area contributed by atoms with Gasteiger partial charge in [0.25, 0.3) is 5.91 Å². The minimum atomic E-state index is -0.268. The number of carbonyl (C=O) groups is 1. The molecule has 6 nitrogen and oxygen atoms in total. The number of aryl methyl sites for hydroxylation is 1. The fourth-order valence-corrected chi connectivity index (χ4v) is 2.31. The molecule has 0 saturated heterocycles. The topological polar surface area (TPSA) is 69.7 Å². The van der Waals surface area contributed by atoms with E-state index in [-0.39, 0.29) is 12.5 Å². The summed E-state index contributed by atoms with van der Waals surface area (Å²) in [7, 11) is 1.58. The number of ether oxygens (including phenoxy) is 3. The van der Waals surface area contributed by atoms with Gasteiger partial charge in [-0.15, -0.1) is 0 Å². The number of pyridine rings is 1. The van der Waals surface area contributed by atoms with E-state index in [1.807, 2.05) is 43.3 Å². The van der Waals surface area contributed by atoms with Crippen LogP contribution in [0.15, 0.2) is 66.9 Å². The molecule has 0 fully saturated rings. The quantitative estimate of drug-likeness (QED) is 0.680. The van der Waals surface area contributed by atoms with Crippen LogP contribution in [0.4, 0.5) is 5.69 Å². The molecule has 0 spiro atoms. The number of methoxy groups -OCH3 is 1. The number of para-hydroxylation sites is 2. The fourth-order valence-electron chi connectivity index (χ4n) is 2.31. The van der Waals surface area contributed by atoms with Gasteiger partial charge >= 0.3 is 0 Å². The predicted octanol–water partition coefficient (Wildman–Crippen LogP) is 4.21. The Labute approximate surface area is 157 Å². The second-order valence-corrected chi connectivity index (χ2v) is 5.79. The molecule has 0 radical (unpaired) electrons. The van der Waals surface area contributed by atoms with E-state index in [4.69, 9.17) is 14.2 Å². The van der Waals surface area contributed by atoms with Crippen LogP contribution in [0.5, 0.6) is 23.1 Å². The average molecular weight is 364 g/mol. The van der Waals surface area contributed by atoms with Gasteiger partial charge in [0.05, 0.1) is 19.0 Å². The lowest BCUT2D eigenvalue weighted by atomic mass is 10.2. The Balaban J connectivity index is 1.54. The molecular formula is C21H20N2O4. The van der Waals surface area contributed by atoms with Crippen molar-refractivity contribution in [2.24, 2.45) is 0 Å². The van der Waals surface area contributed by atoms with Crippen molar-refractivity contribution >= 4 is 11.6 Å². The summed E-state index contributed by atoms with van der Waals surface area (Å²) in [5.41, 5.74) is 1.69. The van der Waals surface area contributed by atoms with Crippen LogP contribution in [0.25, 0.3) is 0 Å². The van der Waals surface area contributed by atoms with Gasteiger partial charge in [-0.25, -0.2) is 4.98 Å². The van der Waals surface area contributed by atoms with E-state index in [0.29, 0.717) is 28.8 Å². The van der Waals surface area contributed by atoms with Crippen molar-refractivity contribution < 1.29 is 19.0 Å². The maximum absolute atomic E-state index is 12.0. The van der Waals surface area contributed by atoms with E-state index >= 15 is 0 Å². The van der Waals surface area contributed by atoms with Gasteiger partial charge in [0.15, 0.2) is 18.1 Å². The Hall–Kier alpha value is -3.54. The molecule has 1 N–H and O–H groups in total. The third kappa shape index (κ3) is 5.22. The lowest BCUT2D eigenvalue weighted by molar-refractivity contribution is -0.118. The second kappa shape index (κ2) is 8.71. The number of amides is 1. The number of benzene rings is 2. The highest BCUT2D eigenvalue weighted by molar-refractivity contribution is 5.91. The van der Waals surface area contributed by atoms with Crippen molar-refractivity contribution in [3.05, 3.63) is 72.4 Å². The molecule has 0 saturated carbocycles. The molecule has 0 aliphatic heterocycles. The molecule has 3 rings (SSSR count). The average Bonchev–Trinajstić information content (AvgIpc) is 2.69. The summed E-state index contributed by atoms with van der Waals surface area (Å²) < 4.78 is 16.4. The number of anilines is 1. The third-order valence-electron chi connectivity index (χ3n) is 3.69. The van der Waals surface area contributed by atoms with Crippen LogP contribution >= 0.6 is 0 Å². The first-order valence-corrected chi connectivity index (χ1v) is 8.40. The molecule has 0 bridgehead atoms. The van der Waals surface area contributed by atoms with Crippen molar-refractivity contribution in [2.45, 2.75) is 6.92 Å². The van der Waals surface area contributed by atoms with E-state index in [2.05, 4.69) is 10.3 Å². The van der Waals surface area contributed by atoms with Crippen molar-refractivity contribution in [3.8, 4) is 23.1 Å². The normalized spacial score (nSPS) is 10.1. The monoisotopic (exact) mass is 364 g/mol. The molecule has 0 atom stereocenters. The molecular weight excluding hydrogens is 344 g/mol. The molecule has 1 heterocycles. The number of nitrogens with zero attached hydrogens (tertiary/aromatic N) is 1. The molecule has 2 aromatic carbocycles. The van der Waals surface area contributed by atoms with Crippen LogP contribution in [0.3, 0.4) is 0 Å². The zero-order valence-electron chi connectivity index (χ0n) is 15.1. The lowest BCUT2D eigenvalue weighted by Crippen LogP contribution is -2.20. The van der Waals surface area contributed by atoms with E-state index in [1.54, 1.807) is 31.4 Å². The van der Waals surface area contributed by atoms with Gasteiger partial charge < -0.3 is 19.5 Å². The number of carbonyl (C=O) groups excluding carboxylic acids is 1. The third-order valence-corrected chi connectivity index (χ3v) is 3.69. The minimum Gasteiger partial charge on any atom is -0.493 e. The summed E-state index contributed by atoms with van der Waals surface area (Å²) in [6.07, 6.45) is 1.52. The number of rotatable bonds is 7. The summed E-state index contributed by atoms with van der Waals surface area (Å²) >= 11 is 0. The van der Waals surface area contributed by atoms with E-state index < -0.39 is 0 Å². The van der Waals surface area contributed by atoms with Crippen molar-refractivity contribution in [3.63, 3.8) is 0 Å². The number of aromatic nitrogens is 1. The molecule has 138 valence electrons. The lowest BCUT2D eigenvalue weighted by Gasteiger charge is -2.10. The fraction of sp³-hybridized carbons (Fsp3) is 0.143. The van der Waals surface area contributed by atoms with E-state index in [1.165, 1.54) is 6.20 Å². The SMILES string of the molecule is COc1ccccc1Oc1ccc(NC(=O)COc2ccc(C)cc2)cn1.